The average Bonchev–Trinajstić information content (AvgIpc) is 2.85. The van der Waals surface area contributed by atoms with Crippen LogP contribution >= 0.6 is 11.3 Å². The molecule has 1 aromatic heterocycles. The van der Waals surface area contributed by atoms with E-state index < -0.39 is 0 Å². The molecule has 92 valence electrons. The van der Waals surface area contributed by atoms with Gasteiger partial charge in [0.2, 0.25) is 10.9 Å². The highest BCUT2D eigenvalue weighted by Gasteiger charge is 2.12. The van der Waals surface area contributed by atoms with Crippen LogP contribution in [0.15, 0.2) is 46.8 Å². The van der Waals surface area contributed by atoms with Crippen LogP contribution in [-0.4, -0.2) is 16.8 Å². The van der Waals surface area contributed by atoms with E-state index in [2.05, 4.69) is 15.2 Å². The predicted molar refractivity (Wildman–Crippen MR) is 71.6 cm³/mol. The number of carbonyl (C=O) groups is 1. The van der Waals surface area contributed by atoms with E-state index in [0.717, 1.165) is 0 Å². The van der Waals surface area contributed by atoms with E-state index in [4.69, 9.17) is 0 Å². The minimum Gasteiger partial charge on any atom is -0.288 e. The summed E-state index contributed by atoms with van der Waals surface area (Å²) in [6.07, 6.45) is 1.55. The maximum Gasteiger partial charge on any atom is 0.230 e. The Balaban J connectivity index is 2.18. The summed E-state index contributed by atoms with van der Waals surface area (Å²) in [6, 6.07) is 9.27. The molecule has 1 heterocycles. The largest absolute Gasteiger partial charge is 0.288 e. The van der Waals surface area contributed by atoms with Gasteiger partial charge >= 0.3 is 0 Å². The highest BCUT2D eigenvalue weighted by molar-refractivity contribution is 7.17. The van der Waals surface area contributed by atoms with Crippen molar-refractivity contribution in [2.45, 2.75) is 19.9 Å². The lowest BCUT2D eigenvalue weighted by atomic mass is 10.1. The maximum absolute atomic E-state index is 12.1. The molecule has 0 saturated heterocycles. The van der Waals surface area contributed by atoms with E-state index in [-0.39, 0.29) is 11.8 Å². The SMILES string of the molecule is CC(C)/N=N/c1ncc(C(=O)c2ccccc2)s1. The van der Waals surface area contributed by atoms with Gasteiger partial charge in [-0.15, -0.1) is 5.11 Å². The molecule has 18 heavy (non-hydrogen) atoms. The van der Waals surface area contributed by atoms with Gasteiger partial charge in [0.25, 0.3) is 0 Å². The van der Waals surface area contributed by atoms with Gasteiger partial charge in [-0.1, -0.05) is 41.7 Å². The van der Waals surface area contributed by atoms with Crippen molar-refractivity contribution in [3.63, 3.8) is 0 Å². The third-order valence-corrected chi connectivity index (χ3v) is 3.01. The Bertz CT molecular complexity index is 561. The zero-order valence-corrected chi connectivity index (χ0v) is 11.0. The Kier molecular flexibility index (Phi) is 3.94. The number of thiazole rings is 1. The van der Waals surface area contributed by atoms with Crippen LogP contribution in [0.5, 0.6) is 0 Å². The summed E-state index contributed by atoms with van der Waals surface area (Å²) in [5, 5.41) is 8.50. The lowest BCUT2D eigenvalue weighted by Gasteiger charge is -1.95. The summed E-state index contributed by atoms with van der Waals surface area (Å²) in [5.74, 6) is -0.0286. The number of azo groups is 1. The second-order valence-corrected chi connectivity index (χ2v) is 5.02. The molecule has 0 atom stereocenters. The van der Waals surface area contributed by atoms with E-state index in [9.17, 15) is 4.79 Å². The van der Waals surface area contributed by atoms with Gasteiger partial charge in [0, 0.05) is 5.56 Å². The Hall–Kier alpha value is -1.88. The number of rotatable bonds is 4. The van der Waals surface area contributed by atoms with Gasteiger partial charge in [-0.25, -0.2) is 4.98 Å². The van der Waals surface area contributed by atoms with Crippen molar-refractivity contribution in [2.24, 2.45) is 10.2 Å². The molecule has 4 nitrogen and oxygen atoms in total. The molecule has 0 aliphatic rings. The Labute approximate surface area is 109 Å². The molecule has 0 radical (unpaired) electrons. The van der Waals surface area contributed by atoms with E-state index >= 15 is 0 Å². The van der Waals surface area contributed by atoms with E-state index in [0.29, 0.717) is 15.6 Å². The summed E-state index contributed by atoms with van der Waals surface area (Å²) in [4.78, 5) is 16.8. The van der Waals surface area contributed by atoms with Crippen molar-refractivity contribution in [3.8, 4) is 0 Å². The second kappa shape index (κ2) is 5.64. The van der Waals surface area contributed by atoms with E-state index in [1.807, 2.05) is 32.0 Å². The summed E-state index contributed by atoms with van der Waals surface area (Å²) in [7, 11) is 0. The van der Waals surface area contributed by atoms with Gasteiger partial charge in [-0.2, -0.15) is 5.11 Å². The van der Waals surface area contributed by atoms with Crippen LogP contribution in [0.4, 0.5) is 5.13 Å². The highest BCUT2D eigenvalue weighted by Crippen LogP contribution is 2.24. The molecule has 0 bridgehead atoms. The molecule has 0 fully saturated rings. The average molecular weight is 259 g/mol. The van der Waals surface area contributed by atoms with Gasteiger partial charge in [0.15, 0.2) is 0 Å². The first-order chi connectivity index (χ1) is 8.66. The third kappa shape index (κ3) is 3.07. The normalized spacial score (nSPS) is 11.3. The molecule has 0 unspecified atom stereocenters. The molecule has 0 aliphatic carbocycles. The van der Waals surface area contributed by atoms with Crippen molar-refractivity contribution in [2.75, 3.05) is 0 Å². The smallest absolute Gasteiger partial charge is 0.230 e. The molecule has 2 rings (SSSR count). The molecule has 0 N–H and O–H groups in total. The summed E-state index contributed by atoms with van der Waals surface area (Å²) in [6.45, 7) is 3.88. The Morgan fingerprint density at radius 3 is 2.67 bits per heavy atom. The number of nitrogens with zero attached hydrogens (tertiary/aromatic N) is 3. The van der Waals surface area contributed by atoms with Gasteiger partial charge in [-0.05, 0) is 13.8 Å². The monoisotopic (exact) mass is 259 g/mol. The lowest BCUT2D eigenvalue weighted by Crippen LogP contribution is -1.97. The highest BCUT2D eigenvalue weighted by atomic mass is 32.1. The molecular formula is C13H13N3OS. The predicted octanol–water partition coefficient (Wildman–Crippen LogP) is 3.87. The van der Waals surface area contributed by atoms with Crippen LogP contribution in [-0.2, 0) is 0 Å². The Morgan fingerprint density at radius 1 is 1.28 bits per heavy atom. The number of ketones is 1. The summed E-state index contributed by atoms with van der Waals surface area (Å²) >= 11 is 1.26. The zero-order chi connectivity index (χ0) is 13.0. The van der Waals surface area contributed by atoms with Gasteiger partial charge in [-0.3, -0.25) is 4.79 Å². The van der Waals surface area contributed by atoms with Crippen LogP contribution < -0.4 is 0 Å². The van der Waals surface area contributed by atoms with Crippen LogP contribution in [0.2, 0.25) is 0 Å². The molecule has 5 heteroatoms. The fourth-order valence-corrected chi connectivity index (χ4v) is 2.02. The fraction of sp³-hybridized carbons (Fsp3) is 0.231. The van der Waals surface area contributed by atoms with Gasteiger partial charge in [0.1, 0.15) is 0 Å². The number of benzene rings is 1. The van der Waals surface area contributed by atoms with Crippen LogP contribution in [0.3, 0.4) is 0 Å². The van der Waals surface area contributed by atoms with Crippen molar-refractivity contribution in [1.82, 2.24) is 4.98 Å². The van der Waals surface area contributed by atoms with Crippen molar-refractivity contribution < 1.29 is 4.79 Å². The summed E-state index contributed by atoms with van der Waals surface area (Å²) in [5.41, 5.74) is 0.661. The molecule has 2 aromatic rings. The first-order valence-corrected chi connectivity index (χ1v) is 6.45. The lowest BCUT2D eigenvalue weighted by molar-refractivity contribution is 0.104. The number of hydrogen-bond donors (Lipinski definition) is 0. The number of hydrogen-bond acceptors (Lipinski definition) is 5. The molecule has 0 saturated carbocycles. The van der Waals surface area contributed by atoms with Gasteiger partial charge in [0.05, 0.1) is 17.1 Å². The minimum absolute atomic E-state index is 0.0286. The minimum atomic E-state index is -0.0286. The van der Waals surface area contributed by atoms with Crippen molar-refractivity contribution in [3.05, 3.63) is 47.0 Å². The third-order valence-electron chi connectivity index (χ3n) is 2.13. The van der Waals surface area contributed by atoms with Crippen LogP contribution in [0.25, 0.3) is 0 Å². The zero-order valence-electron chi connectivity index (χ0n) is 10.2. The summed E-state index contributed by atoms with van der Waals surface area (Å²) < 4.78 is 0. The number of aromatic nitrogens is 1. The molecule has 0 aliphatic heterocycles. The first kappa shape index (κ1) is 12.6. The Morgan fingerprint density at radius 2 is 2.00 bits per heavy atom. The van der Waals surface area contributed by atoms with Crippen molar-refractivity contribution >= 4 is 22.3 Å². The topological polar surface area (TPSA) is 54.7 Å². The molecule has 1 aromatic carbocycles. The fourth-order valence-electron chi connectivity index (χ4n) is 1.31. The number of carbonyl (C=O) groups excluding carboxylic acids is 1. The van der Waals surface area contributed by atoms with Crippen LogP contribution in [0.1, 0.15) is 29.1 Å². The van der Waals surface area contributed by atoms with Crippen LogP contribution in [0, 0.1) is 0 Å². The maximum atomic E-state index is 12.1. The van der Waals surface area contributed by atoms with E-state index in [1.165, 1.54) is 11.3 Å². The van der Waals surface area contributed by atoms with E-state index in [1.54, 1.807) is 18.3 Å². The second-order valence-electron chi connectivity index (χ2n) is 4.01. The standard InChI is InChI=1S/C13H13N3OS/c1-9(2)15-16-13-14-8-11(18-13)12(17)10-6-4-3-5-7-10/h3-9H,1-2H3/b16-15+. The molecule has 0 spiro atoms. The van der Waals surface area contributed by atoms with Gasteiger partial charge < -0.3 is 0 Å². The van der Waals surface area contributed by atoms with Crippen molar-refractivity contribution in [1.29, 1.82) is 0 Å². The quantitative estimate of drug-likeness (QED) is 0.618. The molecular weight excluding hydrogens is 246 g/mol. The molecule has 0 amide bonds. The first-order valence-electron chi connectivity index (χ1n) is 5.63.